The lowest BCUT2D eigenvalue weighted by Crippen LogP contribution is -2.37. The van der Waals surface area contributed by atoms with E-state index in [9.17, 15) is 23.1 Å². The quantitative estimate of drug-likeness (QED) is 0.238. The summed E-state index contributed by atoms with van der Waals surface area (Å²) in [6.07, 6.45) is 5.93. The van der Waals surface area contributed by atoms with Crippen molar-refractivity contribution in [3.8, 4) is 5.75 Å². The lowest BCUT2D eigenvalue weighted by molar-refractivity contribution is -0.143. The van der Waals surface area contributed by atoms with Crippen molar-refractivity contribution in [3.63, 3.8) is 0 Å². The molecule has 13 heteroatoms. The molecule has 0 spiro atoms. The number of pyridine rings is 1. The molecule has 2 aromatic carbocycles. The highest BCUT2D eigenvalue weighted by atomic mass is 32.2. The van der Waals surface area contributed by atoms with Crippen LogP contribution in [0.15, 0.2) is 96.0 Å². The van der Waals surface area contributed by atoms with E-state index < -0.39 is 22.2 Å². The lowest BCUT2D eigenvalue weighted by Gasteiger charge is -2.30. The van der Waals surface area contributed by atoms with Gasteiger partial charge in [0, 0.05) is 50.1 Å². The van der Waals surface area contributed by atoms with Crippen molar-refractivity contribution in [2.75, 3.05) is 38.7 Å². The fourth-order valence-corrected chi connectivity index (χ4v) is 6.59. The average molecular weight is 635 g/mol. The number of amides is 1. The molecule has 0 saturated carbocycles. The van der Waals surface area contributed by atoms with Gasteiger partial charge in [-0.25, -0.2) is 8.42 Å². The number of carbonyl (C=O) groups is 2. The van der Waals surface area contributed by atoms with Crippen LogP contribution in [0.4, 0.5) is 5.69 Å². The number of nitrogens with one attached hydrogen (secondary N) is 1. The Morgan fingerprint density at radius 3 is 2.58 bits per heavy atom. The number of allylic oxidation sites excluding steroid dienone is 1. The minimum atomic E-state index is -3.95. The number of hydrogen-bond donors (Lipinski definition) is 2. The molecule has 2 N–H and O–H groups in total. The molecule has 12 nitrogen and oxygen atoms in total. The number of nitrogens with zero attached hydrogens (tertiary/aromatic N) is 3. The molecule has 0 bridgehead atoms. The van der Waals surface area contributed by atoms with Gasteiger partial charge in [0.05, 0.1) is 42.6 Å². The molecular weight excluding hydrogens is 600 g/mol. The number of hydrogen-bond acceptors (Lipinski definition) is 9. The maximum atomic E-state index is 13.3. The van der Waals surface area contributed by atoms with Crippen molar-refractivity contribution in [3.05, 3.63) is 96.7 Å². The molecule has 0 fully saturated rings. The number of rotatable bonds is 12. The minimum Gasteiger partial charge on any atom is -0.497 e. The maximum absolute atomic E-state index is 13.3. The number of aromatic nitrogens is 2. The van der Waals surface area contributed by atoms with Crippen LogP contribution < -0.4 is 10.1 Å². The number of aliphatic hydroxyl groups excluding tert-OH is 1. The van der Waals surface area contributed by atoms with Crippen molar-refractivity contribution in [2.24, 2.45) is 0 Å². The van der Waals surface area contributed by atoms with Gasteiger partial charge in [0.2, 0.25) is 22.2 Å². The van der Waals surface area contributed by atoms with Gasteiger partial charge < -0.3 is 24.6 Å². The van der Waals surface area contributed by atoms with E-state index in [4.69, 9.17) is 14.2 Å². The number of ether oxygens (including phenoxy) is 3. The van der Waals surface area contributed by atoms with Crippen molar-refractivity contribution in [1.29, 1.82) is 0 Å². The summed E-state index contributed by atoms with van der Waals surface area (Å²) in [5.74, 6) is -0.519. The Morgan fingerprint density at radius 2 is 1.89 bits per heavy atom. The topological polar surface area (TPSA) is 149 Å². The molecule has 0 saturated heterocycles. The zero-order chi connectivity index (χ0) is 32.0. The molecule has 1 aliphatic rings. The van der Waals surface area contributed by atoms with Crippen LogP contribution in [0.2, 0.25) is 0 Å². The van der Waals surface area contributed by atoms with E-state index in [1.807, 2.05) is 24.3 Å². The molecule has 2 aromatic heterocycles. The van der Waals surface area contributed by atoms with Gasteiger partial charge in [0.15, 0.2) is 5.76 Å². The largest absolute Gasteiger partial charge is 0.497 e. The number of methoxy groups -OCH3 is 1. The summed E-state index contributed by atoms with van der Waals surface area (Å²) < 4.78 is 46.5. The zero-order valence-corrected chi connectivity index (χ0v) is 25.6. The van der Waals surface area contributed by atoms with Crippen molar-refractivity contribution < 1.29 is 37.3 Å². The molecule has 4 aromatic rings. The molecule has 0 aliphatic carbocycles. The highest BCUT2D eigenvalue weighted by molar-refractivity contribution is 7.89. The molecule has 3 heterocycles. The van der Waals surface area contributed by atoms with Gasteiger partial charge in [-0.15, -0.1) is 0 Å². The molecule has 1 aliphatic heterocycles. The van der Waals surface area contributed by atoms with Crippen LogP contribution in [-0.4, -0.2) is 78.9 Å². The molecule has 0 radical (unpaired) electrons. The Labute approximate surface area is 260 Å². The predicted molar refractivity (Wildman–Crippen MR) is 166 cm³/mol. The van der Waals surface area contributed by atoms with E-state index in [2.05, 4.69) is 10.3 Å². The Morgan fingerprint density at radius 1 is 1.11 bits per heavy atom. The number of anilines is 1. The summed E-state index contributed by atoms with van der Waals surface area (Å²) in [4.78, 5) is 29.8. The van der Waals surface area contributed by atoms with Gasteiger partial charge in [-0.2, -0.15) is 4.31 Å². The monoisotopic (exact) mass is 634 g/mol. The number of para-hydroxylation sites is 1. The first-order valence-corrected chi connectivity index (χ1v) is 15.7. The zero-order valence-electron chi connectivity index (χ0n) is 24.8. The molecule has 2 atom stereocenters. The molecular formula is C32H34N4O8S. The minimum absolute atomic E-state index is 0.0119. The van der Waals surface area contributed by atoms with Crippen LogP contribution in [-0.2, 0) is 24.3 Å². The van der Waals surface area contributed by atoms with Crippen LogP contribution in [0.1, 0.15) is 29.6 Å². The van der Waals surface area contributed by atoms with Crippen LogP contribution in [0.25, 0.3) is 10.9 Å². The first-order valence-electron chi connectivity index (χ1n) is 14.3. The van der Waals surface area contributed by atoms with Crippen molar-refractivity contribution in [2.45, 2.75) is 30.4 Å². The van der Waals surface area contributed by atoms with Crippen LogP contribution in [0, 0.1) is 0 Å². The number of aliphatic hydroxyl groups is 1. The van der Waals surface area contributed by atoms with E-state index in [1.54, 1.807) is 47.3 Å². The van der Waals surface area contributed by atoms with E-state index >= 15 is 0 Å². The summed E-state index contributed by atoms with van der Waals surface area (Å²) in [6, 6.07) is 16.8. The van der Waals surface area contributed by atoms with Crippen LogP contribution >= 0.6 is 0 Å². The summed E-state index contributed by atoms with van der Waals surface area (Å²) >= 11 is 0. The van der Waals surface area contributed by atoms with Gasteiger partial charge in [-0.1, -0.05) is 18.2 Å². The molecule has 1 amide bonds. The number of sulfonamides is 1. The second-order valence-electron chi connectivity index (χ2n) is 10.3. The number of benzene rings is 2. The van der Waals surface area contributed by atoms with Crippen molar-refractivity contribution >= 4 is 38.4 Å². The third-order valence-electron chi connectivity index (χ3n) is 7.37. The third-order valence-corrected chi connectivity index (χ3v) is 9.29. The summed E-state index contributed by atoms with van der Waals surface area (Å²) in [6.45, 7) is 0.782. The predicted octanol–water partition coefficient (Wildman–Crippen LogP) is 3.76. The normalized spacial score (nSPS) is 16.7. The van der Waals surface area contributed by atoms with Crippen LogP contribution in [0.5, 0.6) is 5.75 Å². The molecule has 5 rings (SSSR count). The molecule has 236 valence electrons. The second-order valence-corrected chi connectivity index (χ2v) is 12.2. The highest BCUT2D eigenvalue weighted by Crippen LogP contribution is 2.36. The average Bonchev–Trinajstić information content (AvgIpc) is 3.45. The fraction of sp³-hybridized carbons (Fsp3) is 0.281. The third kappa shape index (κ3) is 7.23. The highest BCUT2D eigenvalue weighted by Gasteiger charge is 2.32. The summed E-state index contributed by atoms with van der Waals surface area (Å²) in [5, 5.41) is 13.2. The van der Waals surface area contributed by atoms with E-state index in [0.717, 1.165) is 20.8 Å². The van der Waals surface area contributed by atoms with Crippen LogP contribution in [0.3, 0.4) is 0 Å². The van der Waals surface area contributed by atoms with Gasteiger partial charge in [0.25, 0.3) is 5.91 Å². The van der Waals surface area contributed by atoms with Crippen molar-refractivity contribution in [1.82, 2.24) is 13.9 Å². The smallest absolute Gasteiger partial charge is 0.290 e. The standard InChI is InChI=1S/C32H34N4O8S/c1-22(38)36-21-28(27-7-3-4-8-29(27)36)23-18-30(32(39)34-24-6-5-13-33-20-24)44-31(19-23)43-17-15-35(14-16-37)45(40,41)26-11-9-25(42-2)10-12-26/h3-13,18,20-21,23,31,37H,14-17,19H2,1-2H3,(H,34,39)/t23-,31+/m0/s1. The van der Waals surface area contributed by atoms with Gasteiger partial charge in [-0.05, 0) is 54.1 Å². The van der Waals surface area contributed by atoms with Gasteiger partial charge >= 0.3 is 0 Å². The van der Waals surface area contributed by atoms with Gasteiger partial charge in [0.1, 0.15) is 5.75 Å². The second kappa shape index (κ2) is 14.0. The first kappa shape index (κ1) is 31.9. The summed E-state index contributed by atoms with van der Waals surface area (Å²) in [7, 11) is -2.47. The SMILES string of the molecule is COc1ccc(S(=O)(=O)N(CCO)CCO[C@H]2C[C@@H](c3cn(C(C)=O)c4ccccc34)C=C(C(=O)Nc3cccnc3)O2)cc1. The van der Waals surface area contributed by atoms with E-state index in [1.165, 1.54) is 32.4 Å². The number of carbonyl (C=O) groups excluding carboxylic acids is 2. The van der Waals surface area contributed by atoms with E-state index in [-0.39, 0.29) is 48.8 Å². The Balaban J connectivity index is 1.38. The Bertz CT molecular complexity index is 1790. The molecule has 45 heavy (non-hydrogen) atoms. The van der Waals surface area contributed by atoms with E-state index in [0.29, 0.717) is 17.9 Å². The summed E-state index contributed by atoms with van der Waals surface area (Å²) in [5.41, 5.74) is 2.03. The first-order chi connectivity index (χ1) is 21.7. The Kier molecular flexibility index (Phi) is 9.93. The van der Waals surface area contributed by atoms with Gasteiger partial charge in [-0.3, -0.25) is 19.1 Å². The lowest BCUT2D eigenvalue weighted by atomic mass is 9.92. The maximum Gasteiger partial charge on any atom is 0.290 e. The molecule has 0 unspecified atom stereocenters. The fourth-order valence-electron chi connectivity index (χ4n) is 5.17. The Hall–Kier alpha value is -4.56. The number of fused-ring (bicyclic) bond motifs is 1.